The second-order valence-electron chi connectivity index (χ2n) is 3.61. The minimum Gasteiger partial charge on any atom is -0.491 e. The first-order valence-electron chi connectivity index (χ1n) is 5.19. The highest BCUT2D eigenvalue weighted by Crippen LogP contribution is 2.31. The molecule has 88 valence electrons. The number of fused-ring (bicyclic) bond motifs is 1. The zero-order valence-electron chi connectivity index (χ0n) is 9.17. The number of ether oxygens (including phenoxy) is 1. The van der Waals surface area contributed by atoms with E-state index in [2.05, 4.69) is 5.10 Å². The Balaban J connectivity index is 2.19. The van der Waals surface area contributed by atoms with Gasteiger partial charge in [0.25, 0.3) is 5.22 Å². The summed E-state index contributed by atoms with van der Waals surface area (Å²) in [4.78, 5) is 11.7. The van der Waals surface area contributed by atoms with Gasteiger partial charge in [-0.25, -0.2) is 4.79 Å². The van der Waals surface area contributed by atoms with Crippen LogP contribution in [0, 0.1) is 0 Å². The molecular formula is C11H10N2O3S. The van der Waals surface area contributed by atoms with E-state index in [1.54, 1.807) is 6.07 Å². The molecule has 0 aliphatic carbocycles. The van der Waals surface area contributed by atoms with Crippen LogP contribution in [0.5, 0.6) is 5.75 Å². The van der Waals surface area contributed by atoms with Crippen LogP contribution in [0.2, 0.25) is 0 Å². The van der Waals surface area contributed by atoms with Crippen LogP contribution in [0.25, 0.3) is 5.69 Å². The summed E-state index contributed by atoms with van der Waals surface area (Å²) in [7, 11) is 0. The molecule has 1 aliphatic rings. The first-order chi connectivity index (χ1) is 8.29. The molecule has 5 nitrogen and oxygen atoms in total. The van der Waals surface area contributed by atoms with E-state index in [1.807, 2.05) is 18.4 Å². The van der Waals surface area contributed by atoms with Gasteiger partial charge in [-0.05, 0) is 17.9 Å². The van der Waals surface area contributed by atoms with Gasteiger partial charge in [-0.15, -0.1) is 5.10 Å². The Labute approximate surface area is 101 Å². The van der Waals surface area contributed by atoms with Gasteiger partial charge in [-0.1, -0.05) is 23.9 Å². The van der Waals surface area contributed by atoms with Crippen molar-refractivity contribution in [3.05, 3.63) is 34.3 Å². The van der Waals surface area contributed by atoms with Crippen molar-refractivity contribution in [1.29, 1.82) is 0 Å². The molecule has 0 fully saturated rings. The predicted molar refractivity (Wildman–Crippen MR) is 63.1 cm³/mol. The third-order valence-electron chi connectivity index (χ3n) is 2.63. The van der Waals surface area contributed by atoms with Gasteiger partial charge in [0, 0.05) is 6.42 Å². The summed E-state index contributed by atoms with van der Waals surface area (Å²) in [6.45, 7) is 0.647. The highest BCUT2D eigenvalue weighted by Gasteiger charge is 2.20. The predicted octanol–water partition coefficient (Wildman–Crippen LogP) is 1.48. The fourth-order valence-electron chi connectivity index (χ4n) is 1.86. The number of para-hydroxylation sites is 1. The molecule has 0 bridgehead atoms. The molecule has 1 aromatic carbocycles. The van der Waals surface area contributed by atoms with Crippen molar-refractivity contribution >= 4 is 11.8 Å². The summed E-state index contributed by atoms with van der Waals surface area (Å²) in [6.07, 6.45) is 2.67. The number of thioether (sulfide) groups is 1. The second kappa shape index (κ2) is 3.96. The van der Waals surface area contributed by atoms with E-state index in [-0.39, 0.29) is 0 Å². The van der Waals surface area contributed by atoms with Crippen LogP contribution in [0.4, 0.5) is 0 Å². The van der Waals surface area contributed by atoms with Gasteiger partial charge >= 0.3 is 5.76 Å². The Kier molecular flexibility index (Phi) is 2.44. The van der Waals surface area contributed by atoms with E-state index >= 15 is 0 Å². The van der Waals surface area contributed by atoms with Crippen LogP contribution in [-0.4, -0.2) is 22.6 Å². The monoisotopic (exact) mass is 250 g/mol. The highest BCUT2D eigenvalue weighted by molar-refractivity contribution is 7.98. The van der Waals surface area contributed by atoms with E-state index in [0.717, 1.165) is 17.7 Å². The Morgan fingerprint density at radius 2 is 2.35 bits per heavy atom. The average Bonchev–Trinajstić information content (AvgIpc) is 2.94. The first kappa shape index (κ1) is 10.5. The summed E-state index contributed by atoms with van der Waals surface area (Å²) in [5.74, 6) is 0.244. The minimum atomic E-state index is -0.488. The molecule has 17 heavy (non-hydrogen) atoms. The van der Waals surface area contributed by atoms with Crippen LogP contribution >= 0.6 is 11.8 Å². The van der Waals surface area contributed by atoms with E-state index in [4.69, 9.17) is 9.15 Å². The van der Waals surface area contributed by atoms with Gasteiger partial charge < -0.3 is 9.15 Å². The SMILES string of the molecule is CSc1nn(-c2cccc3c2OCC3)c(=O)o1. The van der Waals surface area contributed by atoms with E-state index < -0.39 is 5.76 Å². The van der Waals surface area contributed by atoms with E-state index in [1.165, 1.54) is 16.4 Å². The summed E-state index contributed by atoms with van der Waals surface area (Å²) in [6, 6.07) is 5.69. The minimum absolute atomic E-state index is 0.352. The molecule has 2 heterocycles. The highest BCUT2D eigenvalue weighted by atomic mass is 32.2. The van der Waals surface area contributed by atoms with Crippen molar-refractivity contribution in [2.45, 2.75) is 11.6 Å². The lowest BCUT2D eigenvalue weighted by Crippen LogP contribution is -2.14. The van der Waals surface area contributed by atoms with Crippen molar-refractivity contribution in [3.63, 3.8) is 0 Å². The van der Waals surface area contributed by atoms with Crippen molar-refractivity contribution in [3.8, 4) is 11.4 Å². The summed E-state index contributed by atoms with van der Waals surface area (Å²) in [5, 5.41) is 4.45. The fourth-order valence-corrected chi connectivity index (χ4v) is 2.18. The Bertz CT molecular complexity index is 617. The van der Waals surface area contributed by atoms with Crippen LogP contribution in [-0.2, 0) is 6.42 Å². The lowest BCUT2D eigenvalue weighted by Gasteiger charge is -2.05. The molecule has 0 saturated carbocycles. The smallest absolute Gasteiger partial charge is 0.442 e. The van der Waals surface area contributed by atoms with E-state index in [0.29, 0.717) is 17.5 Å². The molecule has 0 atom stereocenters. The molecule has 1 aromatic heterocycles. The first-order valence-corrected chi connectivity index (χ1v) is 6.41. The van der Waals surface area contributed by atoms with Gasteiger partial charge in [-0.2, -0.15) is 4.68 Å². The molecule has 2 aromatic rings. The van der Waals surface area contributed by atoms with E-state index in [9.17, 15) is 4.79 Å². The number of hydrogen-bond acceptors (Lipinski definition) is 5. The lowest BCUT2D eigenvalue weighted by molar-refractivity contribution is 0.354. The van der Waals surface area contributed by atoms with Crippen molar-refractivity contribution < 1.29 is 9.15 Å². The Morgan fingerprint density at radius 1 is 1.47 bits per heavy atom. The van der Waals surface area contributed by atoms with Gasteiger partial charge in [0.05, 0.1) is 6.61 Å². The van der Waals surface area contributed by atoms with Crippen LogP contribution in [0.15, 0.2) is 32.6 Å². The van der Waals surface area contributed by atoms with Crippen molar-refractivity contribution in [2.75, 3.05) is 12.9 Å². The molecular weight excluding hydrogens is 240 g/mol. The number of nitrogens with zero attached hydrogens (tertiary/aromatic N) is 2. The standard InChI is InChI=1S/C11H10N2O3S/c1-17-10-12-13(11(14)16-10)8-4-2-3-7-5-6-15-9(7)8/h2-4H,5-6H2,1H3. The zero-order chi connectivity index (χ0) is 11.8. The maximum atomic E-state index is 11.7. The number of benzene rings is 1. The molecule has 0 amide bonds. The van der Waals surface area contributed by atoms with Crippen LogP contribution < -0.4 is 10.5 Å². The van der Waals surface area contributed by atoms with Gasteiger partial charge in [0.1, 0.15) is 11.4 Å². The van der Waals surface area contributed by atoms with Gasteiger partial charge in [0.2, 0.25) is 0 Å². The van der Waals surface area contributed by atoms with Crippen LogP contribution in [0.1, 0.15) is 5.56 Å². The molecule has 6 heteroatoms. The normalized spacial score (nSPS) is 13.5. The summed E-state index contributed by atoms with van der Waals surface area (Å²) in [5.41, 5.74) is 1.75. The number of rotatable bonds is 2. The summed E-state index contributed by atoms with van der Waals surface area (Å²) >= 11 is 1.29. The average molecular weight is 250 g/mol. The molecule has 3 rings (SSSR count). The van der Waals surface area contributed by atoms with Gasteiger partial charge in [-0.3, -0.25) is 0 Å². The van der Waals surface area contributed by atoms with Gasteiger partial charge in [0.15, 0.2) is 0 Å². The largest absolute Gasteiger partial charge is 0.491 e. The third kappa shape index (κ3) is 1.64. The molecule has 0 saturated heterocycles. The second-order valence-corrected chi connectivity index (χ2v) is 4.37. The van der Waals surface area contributed by atoms with Crippen molar-refractivity contribution in [2.24, 2.45) is 0 Å². The maximum Gasteiger partial charge on any atom is 0.442 e. The molecule has 0 spiro atoms. The number of hydrogen-bond donors (Lipinski definition) is 0. The summed E-state index contributed by atoms with van der Waals surface area (Å²) < 4.78 is 11.8. The van der Waals surface area contributed by atoms with Crippen molar-refractivity contribution in [1.82, 2.24) is 9.78 Å². The molecule has 0 unspecified atom stereocenters. The third-order valence-corrected chi connectivity index (χ3v) is 3.14. The Morgan fingerprint density at radius 3 is 3.12 bits per heavy atom. The lowest BCUT2D eigenvalue weighted by atomic mass is 10.1. The molecule has 0 N–H and O–H groups in total. The molecule has 1 aliphatic heterocycles. The van der Waals surface area contributed by atoms with Crippen LogP contribution in [0.3, 0.4) is 0 Å². The topological polar surface area (TPSA) is 57.3 Å². The quantitative estimate of drug-likeness (QED) is 0.756. The maximum absolute atomic E-state index is 11.7. The Hall–Kier alpha value is -1.69. The molecule has 0 radical (unpaired) electrons. The fraction of sp³-hybridized carbons (Fsp3) is 0.273. The number of aromatic nitrogens is 2. The zero-order valence-corrected chi connectivity index (χ0v) is 9.99.